The molecule has 0 saturated carbocycles. The minimum atomic E-state index is -0.687. The van der Waals surface area contributed by atoms with Crippen LogP contribution in [0.3, 0.4) is 0 Å². The van der Waals surface area contributed by atoms with Gasteiger partial charge in [-0.05, 0) is 59.6 Å². The van der Waals surface area contributed by atoms with Gasteiger partial charge < -0.3 is 23.8 Å². The van der Waals surface area contributed by atoms with Crippen LogP contribution in [-0.2, 0) is 4.74 Å². The Morgan fingerprint density at radius 3 is 2.58 bits per heavy atom. The first kappa shape index (κ1) is 27.6. The Balaban J connectivity index is 1.29. The molecule has 214 valence electrons. The van der Waals surface area contributed by atoms with Crippen molar-refractivity contribution in [2.45, 2.75) is 65.0 Å². The maximum atomic E-state index is 15.0. The molecule has 0 spiro atoms. The lowest BCUT2D eigenvalue weighted by molar-refractivity contribution is 0.0203. The monoisotopic (exact) mass is 556 g/mol. The van der Waals surface area contributed by atoms with E-state index < -0.39 is 17.2 Å². The first-order chi connectivity index (χ1) is 19.0. The van der Waals surface area contributed by atoms with Crippen molar-refractivity contribution in [3.8, 4) is 17.0 Å². The second kappa shape index (κ2) is 10.9. The van der Waals surface area contributed by atoms with E-state index in [1.54, 1.807) is 17.0 Å². The molecule has 0 radical (unpaired) electrons. The second-order valence-electron chi connectivity index (χ2n) is 11.3. The number of rotatable bonds is 5. The Bertz CT molecular complexity index is 1380. The lowest BCUT2D eigenvalue weighted by Gasteiger charge is -2.34. The zero-order chi connectivity index (χ0) is 28.6. The van der Waals surface area contributed by atoms with Crippen LogP contribution in [0.25, 0.3) is 11.3 Å². The fourth-order valence-electron chi connectivity index (χ4n) is 4.94. The predicted molar refractivity (Wildman–Crippen MR) is 145 cm³/mol. The van der Waals surface area contributed by atoms with Crippen LogP contribution >= 0.6 is 0 Å². The molecule has 0 aliphatic carbocycles. The van der Waals surface area contributed by atoms with E-state index in [1.807, 2.05) is 39.5 Å². The van der Waals surface area contributed by atoms with Crippen molar-refractivity contribution in [2.75, 3.05) is 36.5 Å². The quantitative estimate of drug-likeness (QED) is 0.413. The van der Waals surface area contributed by atoms with Crippen LogP contribution in [-0.4, -0.2) is 64.0 Å². The van der Waals surface area contributed by atoms with E-state index in [-0.39, 0.29) is 46.9 Å². The number of likely N-dealkylation sites (tertiary alicyclic amines) is 1. The molecule has 4 heterocycles. The largest absolute Gasteiger partial charge is 0.486 e. The van der Waals surface area contributed by atoms with E-state index in [2.05, 4.69) is 20.4 Å². The van der Waals surface area contributed by atoms with E-state index in [1.165, 1.54) is 6.07 Å². The highest BCUT2D eigenvalue weighted by atomic mass is 19.1. The van der Waals surface area contributed by atoms with Crippen molar-refractivity contribution in [3.05, 3.63) is 41.7 Å². The highest BCUT2D eigenvalue weighted by molar-refractivity contribution is 5.73. The number of fused-ring (bicyclic) bond motifs is 1. The predicted octanol–water partition coefficient (Wildman–Crippen LogP) is 5.88. The van der Waals surface area contributed by atoms with Crippen molar-refractivity contribution in [1.29, 1.82) is 0 Å². The van der Waals surface area contributed by atoms with E-state index in [0.717, 1.165) is 11.9 Å². The number of amides is 1. The van der Waals surface area contributed by atoms with Gasteiger partial charge in [-0.2, -0.15) is 0 Å². The molecule has 1 fully saturated rings. The van der Waals surface area contributed by atoms with Gasteiger partial charge in [-0.25, -0.2) is 23.5 Å². The molecule has 3 aromatic rings. The minimum absolute atomic E-state index is 0.0530. The molecule has 0 bridgehead atoms. The average molecular weight is 557 g/mol. The van der Waals surface area contributed by atoms with Gasteiger partial charge in [-0.15, -0.1) is 0 Å². The molecule has 0 atom stereocenters. The molecule has 0 unspecified atom stereocenters. The van der Waals surface area contributed by atoms with Crippen LogP contribution in [0.1, 0.15) is 59.1 Å². The topological polar surface area (TPSA) is 106 Å². The minimum Gasteiger partial charge on any atom is -0.486 e. The number of ether oxygens (including phenoxy) is 2. The van der Waals surface area contributed by atoms with Crippen LogP contribution in [0.4, 0.5) is 31.1 Å². The zero-order valence-electron chi connectivity index (χ0n) is 23.3. The SMILES string of the molecule is CC(C)N1CCOc2c(F)cc(-c3nc(Nc4cc(C5CCN(C(=O)OC(C)(C)C)CC5)no4)ncc3F)cc21. The highest BCUT2D eigenvalue weighted by Gasteiger charge is 2.29. The Morgan fingerprint density at radius 1 is 1.12 bits per heavy atom. The molecule has 12 heteroatoms. The fraction of sp³-hybridized carbons (Fsp3) is 0.500. The zero-order valence-corrected chi connectivity index (χ0v) is 23.3. The summed E-state index contributed by atoms with van der Waals surface area (Å²) in [7, 11) is 0. The van der Waals surface area contributed by atoms with E-state index in [4.69, 9.17) is 14.0 Å². The molecule has 2 aliphatic rings. The molecular formula is C28H34F2N6O4. The number of aromatic nitrogens is 3. The van der Waals surface area contributed by atoms with Crippen LogP contribution in [0.15, 0.2) is 28.9 Å². The summed E-state index contributed by atoms with van der Waals surface area (Å²) in [6.07, 6.45) is 2.14. The van der Waals surface area contributed by atoms with E-state index >= 15 is 0 Å². The number of anilines is 3. The second-order valence-corrected chi connectivity index (χ2v) is 11.3. The van der Waals surface area contributed by atoms with Crippen molar-refractivity contribution in [1.82, 2.24) is 20.0 Å². The van der Waals surface area contributed by atoms with Gasteiger partial charge in [0.15, 0.2) is 17.4 Å². The highest BCUT2D eigenvalue weighted by Crippen LogP contribution is 2.39. The molecule has 1 aromatic carbocycles. The molecular weight excluding hydrogens is 522 g/mol. The van der Waals surface area contributed by atoms with Crippen LogP contribution < -0.4 is 15.0 Å². The third-order valence-electron chi connectivity index (χ3n) is 6.88. The van der Waals surface area contributed by atoms with Gasteiger partial charge in [-0.1, -0.05) is 5.16 Å². The average Bonchev–Trinajstić information content (AvgIpc) is 3.37. The number of halogens is 2. The van der Waals surface area contributed by atoms with E-state index in [0.29, 0.717) is 44.8 Å². The smallest absolute Gasteiger partial charge is 0.410 e. The Labute approximate surface area is 231 Å². The summed E-state index contributed by atoms with van der Waals surface area (Å²) in [6.45, 7) is 11.6. The van der Waals surface area contributed by atoms with Gasteiger partial charge in [0.25, 0.3) is 0 Å². The lowest BCUT2D eigenvalue weighted by atomic mass is 9.94. The molecule has 1 amide bonds. The molecule has 1 saturated heterocycles. The van der Waals surface area contributed by atoms with E-state index in [9.17, 15) is 13.6 Å². The Kier molecular flexibility index (Phi) is 7.52. The molecule has 10 nitrogen and oxygen atoms in total. The molecule has 2 aromatic heterocycles. The number of piperidine rings is 1. The first-order valence-electron chi connectivity index (χ1n) is 13.5. The standard InChI is InChI=1S/C28H34F2N6O4/c1-16(2)36-10-11-38-25-19(29)12-18(13-22(25)36)24-20(30)15-31-26(33-24)32-23-14-21(34-40-23)17-6-8-35(9-7-17)27(37)39-28(3,4)5/h12-17H,6-11H2,1-5H3,(H,31,32,33). The summed E-state index contributed by atoms with van der Waals surface area (Å²) in [5.41, 5.74) is 0.966. The Hall–Kier alpha value is -3.96. The molecule has 2 aliphatic heterocycles. The van der Waals surface area contributed by atoms with Gasteiger partial charge in [0.05, 0.1) is 24.1 Å². The number of carbonyl (C=O) groups is 1. The summed E-state index contributed by atoms with van der Waals surface area (Å²) < 4.78 is 46.3. The number of nitrogens with one attached hydrogen (secondary N) is 1. The van der Waals surface area contributed by atoms with Gasteiger partial charge in [0.1, 0.15) is 17.9 Å². The summed E-state index contributed by atoms with van der Waals surface area (Å²) in [5.74, 6) is -0.641. The fourth-order valence-corrected chi connectivity index (χ4v) is 4.94. The first-order valence-corrected chi connectivity index (χ1v) is 13.5. The van der Waals surface area contributed by atoms with Crippen LogP contribution in [0, 0.1) is 11.6 Å². The maximum absolute atomic E-state index is 15.0. The van der Waals surface area contributed by atoms with Crippen molar-refractivity contribution < 1.29 is 27.6 Å². The van der Waals surface area contributed by atoms with Gasteiger partial charge >= 0.3 is 6.09 Å². The van der Waals surface area contributed by atoms with Crippen LogP contribution in [0.2, 0.25) is 0 Å². The van der Waals surface area contributed by atoms with Crippen LogP contribution in [0.5, 0.6) is 5.75 Å². The number of hydrogen-bond donors (Lipinski definition) is 1. The third kappa shape index (κ3) is 5.95. The van der Waals surface area contributed by atoms with Gasteiger partial charge in [0, 0.05) is 36.7 Å². The normalized spacial score (nSPS) is 16.1. The Morgan fingerprint density at radius 2 is 1.88 bits per heavy atom. The number of benzene rings is 1. The summed E-state index contributed by atoms with van der Waals surface area (Å²) >= 11 is 0. The van der Waals surface area contributed by atoms with Crippen molar-refractivity contribution in [2.24, 2.45) is 0 Å². The van der Waals surface area contributed by atoms with Gasteiger partial charge in [-0.3, -0.25) is 5.32 Å². The summed E-state index contributed by atoms with van der Waals surface area (Å²) in [6, 6.07) is 4.75. The third-order valence-corrected chi connectivity index (χ3v) is 6.88. The maximum Gasteiger partial charge on any atom is 0.410 e. The summed E-state index contributed by atoms with van der Waals surface area (Å²) in [5, 5.41) is 7.10. The molecule has 40 heavy (non-hydrogen) atoms. The number of carbonyl (C=O) groups excluding carboxylic acids is 1. The van der Waals surface area contributed by atoms with Crippen molar-refractivity contribution >= 4 is 23.6 Å². The van der Waals surface area contributed by atoms with Gasteiger partial charge in [0.2, 0.25) is 11.8 Å². The number of nitrogens with zero attached hydrogens (tertiary/aromatic N) is 5. The number of hydrogen-bond acceptors (Lipinski definition) is 9. The lowest BCUT2D eigenvalue weighted by Crippen LogP contribution is -2.41. The van der Waals surface area contributed by atoms with Crippen molar-refractivity contribution in [3.63, 3.8) is 0 Å². The molecule has 1 N–H and O–H groups in total. The summed E-state index contributed by atoms with van der Waals surface area (Å²) in [4.78, 5) is 24.4. The molecule has 5 rings (SSSR count).